The Balaban J connectivity index is 1.49. The van der Waals surface area contributed by atoms with Gasteiger partial charge in [0, 0.05) is 36.3 Å². The summed E-state index contributed by atoms with van der Waals surface area (Å²) in [5.41, 5.74) is 1.95. The van der Waals surface area contributed by atoms with E-state index in [4.69, 9.17) is 37.9 Å². The van der Waals surface area contributed by atoms with Crippen molar-refractivity contribution in [2.75, 3.05) is 47.8 Å². The number of amides is 2. The lowest BCUT2D eigenvalue weighted by Crippen LogP contribution is -2.46. The molecule has 2 atom stereocenters. The Labute approximate surface area is 286 Å². The second kappa shape index (κ2) is 12.7. The SMILES string of the molecule is COc1ccc2c(c1OC)C(=O)O[C@@H]2[C@H]1c2c(c(C3CCN(C(=O)OC(C)(C)C)CC3)c3c(c2OC)OCO3)CCN1C(=O)OC(C)(C)C. The highest BCUT2D eigenvalue weighted by Crippen LogP contribution is 2.59. The molecule has 4 aliphatic rings. The molecule has 0 N–H and O–H groups in total. The van der Waals surface area contributed by atoms with Crippen LogP contribution in [0, 0.1) is 0 Å². The van der Waals surface area contributed by atoms with Gasteiger partial charge in [0.25, 0.3) is 0 Å². The van der Waals surface area contributed by atoms with Crippen LogP contribution >= 0.6 is 0 Å². The average Bonchev–Trinajstić information content (AvgIpc) is 3.65. The smallest absolute Gasteiger partial charge is 0.410 e. The average molecular weight is 683 g/mol. The molecule has 1 fully saturated rings. The molecule has 2 aromatic rings. The molecular weight excluding hydrogens is 636 g/mol. The fraction of sp³-hybridized carbons (Fsp3) is 0.583. The van der Waals surface area contributed by atoms with Crippen LogP contribution in [-0.4, -0.2) is 86.9 Å². The molecule has 0 spiro atoms. The molecule has 1 saturated heterocycles. The Hall–Kier alpha value is -4.55. The second-order valence-electron chi connectivity index (χ2n) is 14.6. The van der Waals surface area contributed by atoms with Crippen LogP contribution in [0.15, 0.2) is 12.1 Å². The molecule has 13 nitrogen and oxygen atoms in total. The zero-order valence-corrected chi connectivity index (χ0v) is 29.7. The highest BCUT2D eigenvalue weighted by molar-refractivity contribution is 5.98. The Bertz CT molecular complexity index is 1650. The van der Waals surface area contributed by atoms with Gasteiger partial charge in [-0.1, -0.05) is 6.07 Å². The van der Waals surface area contributed by atoms with Crippen molar-refractivity contribution < 1.29 is 52.3 Å². The van der Waals surface area contributed by atoms with Crippen molar-refractivity contribution in [1.29, 1.82) is 0 Å². The van der Waals surface area contributed by atoms with E-state index >= 15 is 0 Å². The van der Waals surface area contributed by atoms with Crippen molar-refractivity contribution >= 4 is 18.2 Å². The molecule has 0 unspecified atom stereocenters. The molecule has 0 radical (unpaired) electrons. The monoisotopic (exact) mass is 682 g/mol. The minimum atomic E-state index is -0.940. The number of esters is 1. The van der Waals surface area contributed by atoms with E-state index in [1.807, 2.05) is 20.8 Å². The number of benzene rings is 2. The lowest BCUT2D eigenvalue weighted by Gasteiger charge is -2.42. The van der Waals surface area contributed by atoms with Crippen LogP contribution in [0.1, 0.15) is 105 Å². The van der Waals surface area contributed by atoms with Gasteiger partial charge in [0.1, 0.15) is 22.8 Å². The van der Waals surface area contributed by atoms with Crippen molar-refractivity contribution in [3.63, 3.8) is 0 Å². The summed E-state index contributed by atoms with van der Waals surface area (Å²) in [4.78, 5) is 43.8. The number of fused-ring (bicyclic) bond motifs is 3. The normalized spacial score (nSPS) is 20.3. The topological polar surface area (TPSA) is 132 Å². The van der Waals surface area contributed by atoms with Crippen LogP contribution in [0.25, 0.3) is 0 Å². The van der Waals surface area contributed by atoms with Gasteiger partial charge in [-0.2, -0.15) is 0 Å². The maximum atomic E-state index is 14.0. The van der Waals surface area contributed by atoms with Crippen LogP contribution in [0.5, 0.6) is 28.7 Å². The zero-order valence-electron chi connectivity index (χ0n) is 29.7. The van der Waals surface area contributed by atoms with E-state index in [1.54, 1.807) is 49.8 Å². The van der Waals surface area contributed by atoms with Gasteiger partial charge in [-0.3, -0.25) is 4.90 Å². The highest BCUT2D eigenvalue weighted by atomic mass is 16.7. The summed E-state index contributed by atoms with van der Waals surface area (Å²) in [6, 6.07) is 2.63. The first kappa shape index (κ1) is 34.3. The number of methoxy groups -OCH3 is 3. The highest BCUT2D eigenvalue weighted by Gasteiger charge is 2.50. The van der Waals surface area contributed by atoms with Crippen LogP contribution in [0.2, 0.25) is 0 Å². The number of piperidine rings is 1. The number of carbonyl (C=O) groups excluding carboxylic acids is 3. The maximum absolute atomic E-state index is 14.0. The van der Waals surface area contributed by atoms with E-state index in [2.05, 4.69) is 0 Å². The second-order valence-corrected chi connectivity index (χ2v) is 14.6. The summed E-state index contributed by atoms with van der Waals surface area (Å²) < 4.78 is 47.1. The van der Waals surface area contributed by atoms with E-state index in [0.29, 0.717) is 66.5 Å². The van der Waals surface area contributed by atoms with E-state index in [9.17, 15) is 14.4 Å². The van der Waals surface area contributed by atoms with Crippen molar-refractivity contribution in [1.82, 2.24) is 9.80 Å². The molecule has 0 aliphatic carbocycles. The lowest BCUT2D eigenvalue weighted by atomic mass is 9.77. The van der Waals surface area contributed by atoms with Crippen molar-refractivity contribution in [3.8, 4) is 28.7 Å². The number of ether oxygens (including phenoxy) is 8. The van der Waals surface area contributed by atoms with Crippen molar-refractivity contribution in [2.24, 2.45) is 0 Å². The predicted octanol–water partition coefficient (Wildman–Crippen LogP) is 6.30. The number of nitrogens with zero attached hydrogens (tertiary/aromatic N) is 2. The van der Waals surface area contributed by atoms with Gasteiger partial charge in [-0.15, -0.1) is 0 Å². The summed E-state index contributed by atoms with van der Waals surface area (Å²) in [6.07, 6.45) is -0.0579. The van der Waals surface area contributed by atoms with Gasteiger partial charge in [0.2, 0.25) is 12.5 Å². The summed E-state index contributed by atoms with van der Waals surface area (Å²) in [7, 11) is 4.50. The van der Waals surface area contributed by atoms with Crippen molar-refractivity contribution in [3.05, 3.63) is 39.9 Å². The van der Waals surface area contributed by atoms with E-state index in [1.165, 1.54) is 14.2 Å². The van der Waals surface area contributed by atoms with Gasteiger partial charge >= 0.3 is 18.2 Å². The third-order valence-electron chi connectivity index (χ3n) is 9.19. The quantitative estimate of drug-likeness (QED) is 0.260. The fourth-order valence-electron chi connectivity index (χ4n) is 7.31. The Kier molecular flexibility index (Phi) is 8.91. The molecule has 266 valence electrons. The molecule has 4 aliphatic heterocycles. The van der Waals surface area contributed by atoms with Crippen molar-refractivity contribution in [2.45, 2.75) is 90.1 Å². The van der Waals surface area contributed by atoms with Crippen LogP contribution in [0.3, 0.4) is 0 Å². The lowest BCUT2D eigenvalue weighted by molar-refractivity contribution is -0.0196. The van der Waals surface area contributed by atoms with Gasteiger partial charge in [-0.05, 0) is 78.4 Å². The standard InChI is InChI=1S/C36H46N2O11/c1-35(2,3)48-33(40)37-15-12-19(13-16-37)23-20-14-17-38(34(41)49-36(4,5)6)26(24(20)29(44-9)31-30(23)45-18-46-31)27-21-10-11-22(42-7)28(43-8)25(21)32(39)47-27/h10-11,19,26-27H,12-18H2,1-9H3/t26-,27+/m1/s1. The summed E-state index contributed by atoms with van der Waals surface area (Å²) >= 11 is 0. The molecule has 49 heavy (non-hydrogen) atoms. The number of carbonyl (C=O) groups is 3. The van der Waals surface area contributed by atoms with Gasteiger partial charge in [-0.25, -0.2) is 14.4 Å². The van der Waals surface area contributed by atoms with Gasteiger partial charge in [0.05, 0.1) is 21.3 Å². The summed E-state index contributed by atoms with van der Waals surface area (Å²) in [6.45, 7) is 12.2. The first-order chi connectivity index (χ1) is 23.2. The Morgan fingerprint density at radius 3 is 2.04 bits per heavy atom. The molecule has 0 saturated carbocycles. The van der Waals surface area contributed by atoms with E-state index < -0.39 is 35.4 Å². The number of hydrogen-bond donors (Lipinski definition) is 0. The van der Waals surface area contributed by atoms with Crippen LogP contribution in [0.4, 0.5) is 9.59 Å². The first-order valence-corrected chi connectivity index (χ1v) is 16.6. The molecule has 4 heterocycles. The molecular formula is C36H46N2O11. The minimum Gasteiger partial charge on any atom is -0.493 e. The van der Waals surface area contributed by atoms with Gasteiger partial charge in [0.15, 0.2) is 29.1 Å². The molecule has 2 amide bonds. The predicted molar refractivity (Wildman–Crippen MR) is 176 cm³/mol. The van der Waals surface area contributed by atoms with Crippen LogP contribution < -0.4 is 23.7 Å². The van der Waals surface area contributed by atoms with E-state index in [-0.39, 0.29) is 36.7 Å². The zero-order chi connectivity index (χ0) is 35.4. The maximum Gasteiger partial charge on any atom is 0.410 e. The third kappa shape index (κ3) is 6.23. The number of cyclic esters (lactones) is 1. The Morgan fingerprint density at radius 1 is 0.796 bits per heavy atom. The van der Waals surface area contributed by atoms with Crippen LogP contribution in [-0.2, 0) is 20.6 Å². The summed E-state index contributed by atoms with van der Waals surface area (Å²) in [5.74, 6) is 1.48. The number of rotatable bonds is 5. The molecule has 2 aromatic carbocycles. The Morgan fingerprint density at radius 2 is 1.43 bits per heavy atom. The number of likely N-dealkylation sites (tertiary alicyclic amines) is 1. The largest absolute Gasteiger partial charge is 0.493 e. The molecule has 13 heteroatoms. The number of hydrogen-bond acceptors (Lipinski definition) is 11. The fourth-order valence-corrected chi connectivity index (χ4v) is 7.31. The molecule has 0 aromatic heterocycles. The third-order valence-corrected chi connectivity index (χ3v) is 9.19. The van der Waals surface area contributed by atoms with E-state index in [0.717, 1.165) is 11.1 Å². The molecule has 0 bridgehead atoms. The molecule has 6 rings (SSSR count). The minimum absolute atomic E-state index is 0.00295. The first-order valence-electron chi connectivity index (χ1n) is 16.6. The summed E-state index contributed by atoms with van der Waals surface area (Å²) in [5, 5.41) is 0. The van der Waals surface area contributed by atoms with Gasteiger partial charge < -0.3 is 42.8 Å².